The van der Waals surface area contributed by atoms with Crippen LogP contribution in [-0.4, -0.2) is 18.7 Å². The van der Waals surface area contributed by atoms with Crippen molar-refractivity contribution in [3.63, 3.8) is 0 Å². The second-order valence-corrected chi connectivity index (χ2v) is 2.38. The van der Waals surface area contributed by atoms with Gasteiger partial charge in [0.15, 0.2) is 6.67 Å². The van der Waals surface area contributed by atoms with E-state index < -0.39 is 18.7 Å². The molecule has 2 amide bonds. The Morgan fingerprint density at radius 2 is 1.93 bits per heavy atom. The number of hydrogen-bond acceptors (Lipinski definition) is 3. The molecular formula is C9H8FNO3. The molecule has 4 nitrogen and oxygen atoms in total. The van der Waals surface area contributed by atoms with Gasteiger partial charge in [0.25, 0.3) is 5.91 Å². The summed E-state index contributed by atoms with van der Waals surface area (Å²) in [6.45, 7) is -1.25. The maximum atomic E-state index is 11.7. The first kappa shape index (κ1) is 10.2. The quantitative estimate of drug-likeness (QED) is 0.776. The summed E-state index contributed by atoms with van der Waals surface area (Å²) in [6.07, 6.45) is -0.987. The number of para-hydroxylation sites is 1. The summed E-state index contributed by atoms with van der Waals surface area (Å²) < 4.78 is 16.3. The molecule has 0 saturated heterocycles. The largest absolute Gasteiger partial charge is 0.419 e. The van der Waals surface area contributed by atoms with Gasteiger partial charge >= 0.3 is 6.09 Å². The summed E-state index contributed by atoms with van der Waals surface area (Å²) in [6, 6.07) is 8.16. The molecule has 0 heterocycles. The first-order valence-corrected chi connectivity index (χ1v) is 3.85. The molecule has 74 valence electrons. The fraction of sp³-hybridized carbons (Fsp3) is 0.111. The van der Waals surface area contributed by atoms with E-state index in [0.29, 0.717) is 0 Å². The molecule has 0 saturated carbocycles. The minimum absolute atomic E-state index is 0.289. The van der Waals surface area contributed by atoms with Gasteiger partial charge < -0.3 is 4.74 Å². The van der Waals surface area contributed by atoms with Crippen molar-refractivity contribution in [2.45, 2.75) is 0 Å². The zero-order valence-electron chi connectivity index (χ0n) is 7.20. The predicted octanol–water partition coefficient (Wildman–Crippen LogP) is 1.27. The number of halogens is 1. The smallest absolute Gasteiger partial charge is 0.410 e. The van der Waals surface area contributed by atoms with Crippen molar-refractivity contribution in [3.8, 4) is 5.75 Å². The summed E-state index contributed by atoms with van der Waals surface area (Å²) in [5, 5.41) is 1.70. The lowest BCUT2D eigenvalue weighted by Crippen LogP contribution is -2.33. The number of nitrogens with one attached hydrogen (secondary N) is 1. The Bertz CT molecular complexity index is 326. The average molecular weight is 197 g/mol. The monoisotopic (exact) mass is 197 g/mol. The van der Waals surface area contributed by atoms with Crippen molar-refractivity contribution < 1.29 is 18.7 Å². The molecule has 0 unspecified atom stereocenters. The lowest BCUT2D eigenvalue weighted by atomic mass is 10.3. The first-order chi connectivity index (χ1) is 6.72. The van der Waals surface area contributed by atoms with Gasteiger partial charge in [0.2, 0.25) is 0 Å². The zero-order chi connectivity index (χ0) is 10.4. The number of imide groups is 1. The Hall–Kier alpha value is -1.91. The van der Waals surface area contributed by atoms with Crippen LogP contribution in [0.3, 0.4) is 0 Å². The van der Waals surface area contributed by atoms with Crippen molar-refractivity contribution >= 4 is 12.0 Å². The van der Waals surface area contributed by atoms with Crippen LogP contribution in [-0.2, 0) is 4.79 Å². The summed E-state index contributed by atoms with van der Waals surface area (Å²) in [7, 11) is 0. The van der Waals surface area contributed by atoms with Gasteiger partial charge in [0.05, 0.1) is 0 Å². The molecule has 0 spiro atoms. The molecule has 14 heavy (non-hydrogen) atoms. The number of carbonyl (C=O) groups excluding carboxylic acids is 2. The van der Waals surface area contributed by atoms with Gasteiger partial charge in [-0.2, -0.15) is 0 Å². The van der Waals surface area contributed by atoms with Crippen LogP contribution in [0.4, 0.5) is 9.18 Å². The molecule has 1 aromatic carbocycles. The Labute approximate surface area is 79.7 Å². The summed E-state index contributed by atoms with van der Waals surface area (Å²) in [5.74, 6) is -0.734. The number of carbonyl (C=O) groups is 2. The maximum Gasteiger partial charge on any atom is 0.419 e. The van der Waals surface area contributed by atoms with E-state index in [1.807, 2.05) is 0 Å². The molecule has 0 aliphatic heterocycles. The van der Waals surface area contributed by atoms with Crippen molar-refractivity contribution in [3.05, 3.63) is 30.3 Å². The molecule has 0 aliphatic carbocycles. The van der Waals surface area contributed by atoms with Crippen LogP contribution in [0.1, 0.15) is 0 Å². The lowest BCUT2D eigenvalue weighted by Gasteiger charge is -2.02. The van der Waals surface area contributed by atoms with Crippen LogP contribution in [0.2, 0.25) is 0 Å². The second-order valence-electron chi connectivity index (χ2n) is 2.38. The topological polar surface area (TPSA) is 55.4 Å². The molecule has 1 aromatic rings. The molecule has 1 rings (SSSR count). The fourth-order valence-electron chi connectivity index (χ4n) is 0.768. The molecular weight excluding hydrogens is 189 g/mol. The number of ether oxygens (including phenoxy) is 1. The number of rotatable bonds is 2. The van der Waals surface area contributed by atoms with Crippen LogP contribution in [0, 0.1) is 0 Å². The number of amides is 2. The van der Waals surface area contributed by atoms with E-state index >= 15 is 0 Å². The van der Waals surface area contributed by atoms with Gasteiger partial charge in [0.1, 0.15) is 5.75 Å². The third kappa shape index (κ3) is 3.22. The normalized spacial score (nSPS) is 9.21. The molecule has 0 aliphatic rings. The Balaban J connectivity index is 2.46. The highest BCUT2D eigenvalue weighted by atomic mass is 19.1. The number of alkyl halides is 1. The minimum Gasteiger partial charge on any atom is -0.410 e. The predicted molar refractivity (Wildman–Crippen MR) is 46.6 cm³/mol. The Kier molecular flexibility index (Phi) is 3.60. The van der Waals surface area contributed by atoms with E-state index in [1.54, 1.807) is 35.6 Å². The average Bonchev–Trinajstić information content (AvgIpc) is 2.19. The number of hydrogen-bond donors (Lipinski definition) is 1. The van der Waals surface area contributed by atoms with Crippen molar-refractivity contribution in [1.82, 2.24) is 5.32 Å². The summed E-state index contributed by atoms with van der Waals surface area (Å²) in [5.41, 5.74) is 0. The third-order valence-electron chi connectivity index (χ3n) is 1.32. The Morgan fingerprint density at radius 3 is 2.50 bits per heavy atom. The van der Waals surface area contributed by atoms with Crippen LogP contribution in [0.5, 0.6) is 5.75 Å². The van der Waals surface area contributed by atoms with E-state index in [-0.39, 0.29) is 5.75 Å². The zero-order valence-corrected chi connectivity index (χ0v) is 7.20. The van der Waals surface area contributed by atoms with Gasteiger partial charge in [-0.15, -0.1) is 0 Å². The highest BCUT2D eigenvalue weighted by molar-refractivity contribution is 5.93. The van der Waals surface area contributed by atoms with Gasteiger partial charge in [-0.25, -0.2) is 9.18 Å². The molecule has 0 fully saturated rings. The van der Waals surface area contributed by atoms with E-state index in [2.05, 4.69) is 4.74 Å². The summed E-state index contributed by atoms with van der Waals surface area (Å²) in [4.78, 5) is 21.3. The first-order valence-electron chi connectivity index (χ1n) is 3.85. The minimum atomic E-state index is -1.25. The highest BCUT2D eigenvalue weighted by Gasteiger charge is 2.08. The maximum absolute atomic E-state index is 11.7. The molecule has 0 atom stereocenters. The van der Waals surface area contributed by atoms with Crippen molar-refractivity contribution in [1.29, 1.82) is 0 Å². The van der Waals surface area contributed by atoms with E-state index in [1.165, 1.54) is 0 Å². The second kappa shape index (κ2) is 4.96. The van der Waals surface area contributed by atoms with E-state index in [4.69, 9.17) is 0 Å². The SMILES string of the molecule is O=C(CF)NC(=O)Oc1ccccc1. The van der Waals surface area contributed by atoms with Crippen LogP contribution in [0.15, 0.2) is 30.3 Å². The lowest BCUT2D eigenvalue weighted by molar-refractivity contribution is -0.121. The van der Waals surface area contributed by atoms with Crippen LogP contribution < -0.4 is 10.1 Å². The Morgan fingerprint density at radius 1 is 1.29 bits per heavy atom. The van der Waals surface area contributed by atoms with Gasteiger partial charge in [0, 0.05) is 0 Å². The standard InChI is InChI=1S/C9H8FNO3/c10-6-8(12)11-9(13)14-7-4-2-1-3-5-7/h1-5H,6H2,(H,11,12,13). The molecule has 0 bridgehead atoms. The number of benzene rings is 1. The van der Waals surface area contributed by atoms with E-state index in [0.717, 1.165) is 0 Å². The molecule has 1 N–H and O–H groups in total. The van der Waals surface area contributed by atoms with Gasteiger partial charge in [-0.3, -0.25) is 10.1 Å². The molecule has 0 radical (unpaired) electrons. The van der Waals surface area contributed by atoms with Crippen molar-refractivity contribution in [2.75, 3.05) is 6.67 Å². The summed E-state index contributed by atoms with van der Waals surface area (Å²) >= 11 is 0. The van der Waals surface area contributed by atoms with Crippen LogP contribution in [0.25, 0.3) is 0 Å². The molecule has 0 aromatic heterocycles. The van der Waals surface area contributed by atoms with Crippen molar-refractivity contribution in [2.24, 2.45) is 0 Å². The van der Waals surface area contributed by atoms with Gasteiger partial charge in [-0.1, -0.05) is 18.2 Å². The highest BCUT2D eigenvalue weighted by Crippen LogP contribution is 2.07. The van der Waals surface area contributed by atoms with E-state index in [9.17, 15) is 14.0 Å². The van der Waals surface area contributed by atoms with Gasteiger partial charge in [-0.05, 0) is 12.1 Å². The van der Waals surface area contributed by atoms with Crippen LogP contribution >= 0.6 is 0 Å². The third-order valence-corrected chi connectivity index (χ3v) is 1.32. The fourth-order valence-corrected chi connectivity index (χ4v) is 0.768. The molecule has 5 heteroatoms.